The van der Waals surface area contributed by atoms with Gasteiger partial charge in [-0.2, -0.15) is 0 Å². The summed E-state index contributed by atoms with van der Waals surface area (Å²) in [7, 11) is 0. The van der Waals surface area contributed by atoms with Crippen LogP contribution in [-0.2, 0) is 13.1 Å². The fourth-order valence-corrected chi connectivity index (χ4v) is 3.04. The van der Waals surface area contributed by atoms with Gasteiger partial charge in [0.2, 0.25) is 0 Å². The summed E-state index contributed by atoms with van der Waals surface area (Å²) in [6.07, 6.45) is 3.80. The molecule has 128 valence electrons. The Bertz CT molecular complexity index is 675. The Morgan fingerprint density at radius 1 is 1.33 bits per heavy atom. The Morgan fingerprint density at radius 2 is 2.12 bits per heavy atom. The van der Waals surface area contributed by atoms with Crippen molar-refractivity contribution in [3.05, 3.63) is 54.1 Å². The lowest BCUT2D eigenvalue weighted by Crippen LogP contribution is -2.45. The van der Waals surface area contributed by atoms with E-state index in [2.05, 4.69) is 10.3 Å². The third-order valence-corrected chi connectivity index (χ3v) is 4.31. The number of nitrogens with zero attached hydrogens (tertiary/aromatic N) is 3. The highest BCUT2D eigenvalue weighted by Gasteiger charge is 2.34. The second-order valence-corrected chi connectivity index (χ2v) is 5.90. The normalized spacial score (nSPS) is 17.5. The van der Waals surface area contributed by atoms with Crippen molar-refractivity contribution in [2.75, 3.05) is 6.54 Å². The van der Waals surface area contributed by atoms with Gasteiger partial charge in [-0.05, 0) is 24.0 Å². The molecular formula is C17H20F2N4O. The topological polar surface area (TPSA) is 50.2 Å². The number of rotatable bonds is 5. The van der Waals surface area contributed by atoms with Gasteiger partial charge in [-0.1, -0.05) is 24.3 Å². The predicted molar refractivity (Wildman–Crippen MR) is 85.7 cm³/mol. The van der Waals surface area contributed by atoms with Gasteiger partial charge in [0.15, 0.2) is 0 Å². The smallest absolute Gasteiger partial charge is 0.318 e. The standard InChI is InChI=1S/C17H20F2N4O/c18-16(19)15-6-3-8-23(15)17(24)21-10-13-4-1-2-5-14(13)11-22-9-7-20-12-22/h1-2,4-5,7,9,12,15-16H,3,6,8,10-11H2,(H,21,24)/t15-/m0/s1. The summed E-state index contributed by atoms with van der Waals surface area (Å²) in [6.45, 7) is 1.35. The summed E-state index contributed by atoms with van der Waals surface area (Å²) in [5.41, 5.74) is 2.02. The molecule has 24 heavy (non-hydrogen) atoms. The maximum atomic E-state index is 13.0. The maximum absolute atomic E-state index is 13.0. The molecule has 0 spiro atoms. The highest BCUT2D eigenvalue weighted by molar-refractivity contribution is 5.75. The predicted octanol–water partition coefficient (Wildman–Crippen LogP) is 2.87. The SMILES string of the molecule is O=C(NCc1ccccc1Cn1ccnc1)N1CCC[C@H]1C(F)F. The Morgan fingerprint density at radius 3 is 2.83 bits per heavy atom. The van der Waals surface area contributed by atoms with E-state index in [4.69, 9.17) is 0 Å². The highest BCUT2D eigenvalue weighted by Crippen LogP contribution is 2.23. The molecule has 0 saturated carbocycles. The lowest BCUT2D eigenvalue weighted by atomic mass is 10.1. The number of alkyl halides is 2. The highest BCUT2D eigenvalue weighted by atomic mass is 19.3. The average molecular weight is 334 g/mol. The van der Waals surface area contributed by atoms with Crippen LogP contribution in [0.5, 0.6) is 0 Å². The Balaban J connectivity index is 1.63. The zero-order valence-electron chi connectivity index (χ0n) is 13.2. The minimum absolute atomic E-state index is 0.316. The van der Waals surface area contributed by atoms with Gasteiger partial charge < -0.3 is 14.8 Å². The minimum Gasteiger partial charge on any atom is -0.334 e. The van der Waals surface area contributed by atoms with Crippen molar-refractivity contribution >= 4 is 6.03 Å². The number of carbonyl (C=O) groups is 1. The largest absolute Gasteiger partial charge is 0.334 e. The van der Waals surface area contributed by atoms with E-state index < -0.39 is 18.5 Å². The number of carbonyl (C=O) groups excluding carboxylic acids is 1. The van der Waals surface area contributed by atoms with Crippen molar-refractivity contribution in [3.63, 3.8) is 0 Å². The lowest BCUT2D eigenvalue weighted by molar-refractivity contribution is 0.0606. The molecule has 1 aliphatic heterocycles. The van der Waals surface area contributed by atoms with E-state index in [-0.39, 0.29) is 0 Å². The molecule has 3 rings (SSSR count). The first kappa shape index (κ1) is 16.4. The summed E-state index contributed by atoms with van der Waals surface area (Å²) < 4.78 is 27.9. The summed E-state index contributed by atoms with van der Waals surface area (Å²) in [5, 5.41) is 2.77. The number of benzene rings is 1. The van der Waals surface area contributed by atoms with Crippen LogP contribution in [0.1, 0.15) is 24.0 Å². The first-order valence-electron chi connectivity index (χ1n) is 8.00. The van der Waals surface area contributed by atoms with Crippen LogP contribution in [0.15, 0.2) is 43.0 Å². The number of urea groups is 1. The molecular weight excluding hydrogens is 314 g/mol. The minimum atomic E-state index is -2.49. The fraction of sp³-hybridized carbons (Fsp3) is 0.412. The van der Waals surface area contributed by atoms with E-state index in [0.29, 0.717) is 32.5 Å². The molecule has 1 fully saturated rings. The Labute approximate surface area is 139 Å². The molecule has 2 aromatic rings. The summed E-state index contributed by atoms with van der Waals surface area (Å²) in [5.74, 6) is 0. The van der Waals surface area contributed by atoms with E-state index >= 15 is 0 Å². The molecule has 2 heterocycles. The summed E-state index contributed by atoms with van der Waals surface area (Å²) in [4.78, 5) is 17.5. The number of hydrogen-bond acceptors (Lipinski definition) is 2. The number of likely N-dealkylation sites (tertiary alicyclic amines) is 1. The van der Waals surface area contributed by atoms with Crippen LogP contribution in [0.4, 0.5) is 13.6 Å². The molecule has 1 atom stereocenters. The van der Waals surface area contributed by atoms with Gasteiger partial charge in [-0.3, -0.25) is 0 Å². The van der Waals surface area contributed by atoms with E-state index in [1.807, 2.05) is 35.0 Å². The van der Waals surface area contributed by atoms with Gasteiger partial charge in [0.1, 0.15) is 0 Å². The van der Waals surface area contributed by atoms with Crippen LogP contribution in [-0.4, -0.2) is 39.5 Å². The van der Waals surface area contributed by atoms with Gasteiger partial charge in [-0.25, -0.2) is 18.6 Å². The van der Waals surface area contributed by atoms with Gasteiger partial charge in [-0.15, -0.1) is 0 Å². The Kier molecular flexibility index (Phi) is 5.08. The molecule has 1 saturated heterocycles. The van der Waals surface area contributed by atoms with Crippen LogP contribution >= 0.6 is 0 Å². The van der Waals surface area contributed by atoms with E-state index in [1.165, 1.54) is 4.90 Å². The number of aromatic nitrogens is 2. The third-order valence-electron chi connectivity index (χ3n) is 4.31. The van der Waals surface area contributed by atoms with Crippen molar-refractivity contribution in [3.8, 4) is 0 Å². The maximum Gasteiger partial charge on any atom is 0.318 e. The van der Waals surface area contributed by atoms with Crippen LogP contribution in [0.2, 0.25) is 0 Å². The second kappa shape index (κ2) is 7.42. The first-order valence-corrected chi connectivity index (χ1v) is 8.00. The van der Waals surface area contributed by atoms with Gasteiger partial charge in [0.25, 0.3) is 6.43 Å². The number of halogens is 2. The molecule has 1 aromatic carbocycles. The number of imidazole rings is 1. The molecule has 1 N–H and O–H groups in total. The van der Waals surface area contributed by atoms with E-state index in [0.717, 1.165) is 11.1 Å². The zero-order chi connectivity index (χ0) is 16.9. The van der Waals surface area contributed by atoms with E-state index in [9.17, 15) is 13.6 Å². The molecule has 7 heteroatoms. The van der Waals surface area contributed by atoms with Crippen molar-refractivity contribution in [2.24, 2.45) is 0 Å². The molecule has 5 nitrogen and oxygen atoms in total. The van der Waals surface area contributed by atoms with Crippen LogP contribution in [0.25, 0.3) is 0 Å². The molecule has 0 aliphatic carbocycles. The van der Waals surface area contributed by atoms with Gasteiger partial charge >= 0.3 is 6.03 Å². The molecule has 2 amide bonds. The Hall–Kier alpha value is -2.44. The van der Waals surface area contributed by atoms with Crippen molar-refractivity contribution in [2.45, 2.75) is 38.4 Å². The summed E-state index contributed by atoms with van der Waals surface area (Å²) >= 11 is 0. The van der Waals surface area contributed by atoms with E-state index in [1.54, 1.807) is 12.5 Å². The molecule has 0 unspecified atom stereocenters. The van der Waals surface area contributed by atoms with Crippen LogP contribution in [0, 0.1) is 0 Å². The second-order valence-electron chi connectivity index (χ2n) is 5.90. The quantitative estimate of drug-likeness (QED) is 0.914. The van der Waals surface area contributed by atoms with Gasteiger partial charge in [0, 0.05) is 32.0 Å². The van der Waals surface area contributed by atoms with Gasteiger partial charge in [0.05, 0.1) is 12.4 Å². The monoisotopic (exact) mass is 334 g/mol. The zero-order valence-corrected chi connectivity index (χ0v) is 13.2. The number of nitrogens with one attached hydrogen (secondary N) is 1. The van der Waals surface area contributed by atoms with Crippen molar-refractivity contribution in [1.29, 1.82) is 0 Å². The summed E-state index contributed by atoms with van der Waals surface area (Å²) in [6, 6.07) is 6.36. The third kappa shape index (κ3) is 3.72. The molecule has 1 aliphatic rings. The molecule has 1 aromatic heterocycles. The number of hydrogen-bond donors (Lipinski definition) is 1. The molecule has 0 radical (unpaired) electrons. The molecule has 0 bridgehead atoms. The van der Waals surface area contributed by atoms with Crippen LogP contribution in [0.3, 0.4) is 0 Å². The van der Waals surface area contributed by atoms with Crippen LogP contribution < -0.4 is 5.32 Å². The first-order chi connectivity index (χ1) is 11.6. The average Bonchev–Trinajstić information content (AvgIpc) is 3.25. The fourth-order valence-electron chi connectivity index (χ4n) is 3.04. The lowest BCUT2D eigenvalue weighted by Gasteiger charge is -2.24. The number of amides is 2. The van der Waals surface area contributed by atoms with Crippen molar-refractivity contribution < 1.29 is 13.6 Å². The van der Waals surface area contributed by atoms with Crippen molar-refractivity contribution in [1.82, 2.24) is 19.8 Å².